The van der Waals surface area contributed by atoms with E-state index in [1.54, 1.807) is 18.2 Å². The number of primary amides is 1. The van der Waals surface area contributed by atoms with Crippen molar-refractivity contribution in [3.8, 4) is 17.4 Å². The van der Waals surface area contributed by atoms with E-state index in [4.69, 9.17) is 26.8 Å². The monoisotopic (exact) mass is 433 g/mol. The Balaban J connectivity index is 1.74. The highest BCUT2D eigenvalue weighted by Gasteiger charge is 2.16. The average molecular weight is 434 g/mol. The summed E-state index contributed by atoms with van der Waals surface area (Å²) in [6, 6.07) is 13.4. The summed E-state index contributed by atoms with van der Waals surface area (Å²) in [6.45, 7) is 0. The predicted octanol–water partition coefficient (Wildman–Crippen LogP) is 3.44. The molecule has 10 heteroatoms. The summed E-state index contributed by atoms with van der Waals surface area (Å²) in [7, 11) is -2.43. The zero-order chi connectivity index (χ0) is 21.0. The van der Waals surface area contributed by atoms with E-state index < -0.39 is 15.9 Å². The van der Waals surface area contributed by atoms with Gasteiger partial charge >= 0.3 is 0 Å². The van der Waals surface area contributed by atoms with E-state index in [-0.39, 0.29) is 21.5 Å². The van der Waals surface area contributed by atoms with Crippen LogP contribution in [0.1, 0.15) is 10.4 Å². The molecule has 0 atom stereocenters. The number of rotatable bonds is 7. The van der Waals surface area contributed by atoms with Gasteiger partial charge in [-0.2, -0.15) is 0 Å². The van der Waals surface area contributed by atoms with Gasteiger partial charge in [-0.25, -0.2) is 13.4 Å². The van der Waals surface area contributed by atoms with Gasteiger partial charge < -0.3 is 15.2 Å². The zero-order valence-corrected chi connectivity index (χ0v) is 16.7. The second-order valence-electron chi connectivity index (χ2n) is 5.78. The van der Waals surface area contributed by atoms with Crippen LogP contribution in [0.25, 0.3) is 0 Å². The number of hydrogen-bond donors (Lipinski definition) is 2. The molecule has 2 aromatic carbocycles. The Morgan fingerprint density at radius 2 is 1.93 bits per heavy atom. The number of nitrogens with zero attached hydrogens (tertiary/aromatic N) is 1. The maximum Gasteiger partial charge on any atom is 0.261 e. The molecule has 29 heavy (non-hydrogen) atoms. The second kappa shape index (κ2) is 8.38. The number of hydrogen-bond acceptors (Lipinski definition) is 6. The van der Waals surface area contributed by atoms with Crippen LogP contribution < -0.4 is 19.9 Å². The lowest BCUT2D eigenvalue weighted by molar-refractivity contribution is 0.1000. The largest absolute Gasteiger partial charge is 0.495 e. The SMILES string of the molecule is COc1ccc(S(=O)(=O)Nc2ccc(Oc3cccc(C(N)=O)c3)nc2)cc1Cl. The number of pyridine rings is 1. The van der Waals surface area contributed by atoms with Gasteiger partial charge in [0.05, 0.1) is 28.9 Å². The van der Waals surface area contributed by atoms with Crippen LogP contribution in [0.15, 0.2) is 65.7 Å². The minimum Gasteiger partial charge on any atom is -0.495 e. The molecule has 0 aliphatic heterocycles. The molecule has 150 valence electrons. The molecular formula is C19H16ClN3O5S. The van der Waals surface area contributed by atoms with Gasteiger partial charge in [0.2, 0.25) is 11.8 Å². The number of carbonyl (C=O) groups is 1. The Kier molecular flexibility index (Phi) is 5.90. The molecule has 1 aromatic heterocycles. The highest BCUT2D eigenvalue weighted by molar-refractivity contribution is 7.92. The molecule has 3 rings (SSSR count). The predicted molar refractivity (Wildman–Crippen MR) is 108 cm³/mol. The van der Waals surface area contributed by atoms with Crippen molar-refractivity contribution in [3.05, 3.63) is 71.4 Å². The van der Waals surface area contributed by atoms with Crippen LogP contribution in [0.4, 0.5) is 5.69 Å². The van der Waals surface area contributed by atoms with Crippen molar-refractivity contribution < 1.29 is 22.7 Å². The molecule has 0 unspecified atom stereocenters. The summed E-state index contributed by atoms with van der Waals surface area (Å²) in [6.07, 6.45) is 1.30. The van der Waals surface area contributed by atoms with Gasteiger partial charge in [0, 0.05) is 11.6 Å². The summed E-state index contributed by atoms with van der Waals surface area (Å²) >= 11 is 5.99. The lowest BCUT2D eigenvalue weighted by atomic mass is 10.2. The van der Waals surface area contributed by atoms with Gasteiger partial charge in [0.25, 0.3) is 10.0 Å². The summed E-state index contributed by atoms with van der Waals surface area (Å²) in [5, 5.41) is 0.176. The normalized spacial score (nSPS) is 11.0. The van der Waals surface area contributed by atoms with E-state index in [0.29, 0.717) is 17.1 Å². The maximum absolute atomic E-state index is 12.5. The fourth-order valence-electron chi connectivity index (χ4n) is 2.36. The van der Waals surface area contributed by atoms with E-state index >= 15 is 0 Å². The minimum atomic E-state index is -3.87. The molecule has 0 saturated carbocycles. The lowest BCUT2D eigenvalue weighted by Gasteiger charge is -2.10. The van der Waals surface area contributed by atoms with E-state index in [1.807, 2.05) is 0 Å². The third-order valence-electron chi connectivity index (χ3n) is 3.76. The third-order valence-corrected chi connectivity index (χ3v) is 5.44. The van der Waals surface area contributed by atoms with E-state index in [1.165, 1.54) is 49.7 Å². The van der Waals surface area contributed by atoms with Crippen LogP contribution in [0.3, 0.4) is 0 Å². The number of carbonyl (C=O) groups excluding carboxylic acids is 1. The van der Waals surface area contributed by atoms with Gasteiger partial charge in [-0.05, 0) is 42.5 Å². The van der Waals surface area contributed by atoms with Crippen molar-refractivity contribution in [2.24, 2.45) is 5.73 Å². The Morgan fingerprint density at radius 1 is 1.14 bits per heavy atom. The molecule has 0 fully saturated rings. The Labute approximate surface area is 172 Å². The highest BCUT2D eigenvalue weighted by Crippen LogP contribution is 2.28. The first-order valence-corrected chi connectivity index (χ1v) is 10.0. The van der Waals surface area contributed by atoms with Gasteiger partial charge in [0.1, 0.15) is 11.5 Å². The molecule has 3 aromatic rings. The number of ether oxygens (including phenoxy) is 2. The first-order valence-electron chi connectivity index (χ1n) is 8.18. The number of anilines is 1. The molecule has 0 aliphatic carbocycles. The molecule has 0 aliphatic rings. The minimum absolute atomic E-state index is 0.0214. The second-order valence-corrected chi connectivity index (χ2v) is 7.87. The lowest BCUT2D eigenvalue weighted by Crippen LogP contribution is -2.13. The Morgan fingerprint density at radius 3 is 2.55 bits per heavy atom. The van der Waals surface area contributed by atoms with Crippen LogP contribution in [0, 0.1) is 0 Å². The van der Waals surface area contributed by atoms with Crippen LogP contribution in [0.5, 0.6) is 17.4 Å². The number of nitrogens with one attached hydrogen (secondary N) is 1. The van der Waals surface area contributed by atoms with Gasteiger partial charge in [-0.15, -0.1) is 0 Å². The molecule has 0 saturated heterocycles. The van der Waals surface area contributed by atoms with Crippen molar-refractivity contribution in [2.45, 2.75) is 4.90 Å². The van der Waals surface area contributed by atoms with Crippen molar-refractivity contribution in [1.82, 2.24) is 4.98 Å². The summed E-state index contributed by atoms with van der Waals surface area (Å²) in [4.78, 5) is 15.3. The summed E-state index contributed by atoms with van der Waals surface area (Å²) in [5.41, 5.74) is 5.77. The number of aromatic nitrogens is 1. The topological polar surface area (TPSA) is 121 Å². The van der Waals surface area contributed by atoms with Crippen molar-refractivity contribution in [3.63, 3.8) is 0 Å². The highest BCUT2D eigenvalue weighted by atomic mass is 35.5. The summed E-state index contributed by atoms with van der Waals surface area (Å²) in [5.74, 6) is 0.373. The van der Waals surface area contributed by atoms with Crippen LogP contribution in [-0.4, -0.2) is 26.4 Å². The molecule has 1 amide bonds. The average Bonchev–Trinajstić information content (AvgIpc) is 2.69. The molecular weight excluding hydrogens is 418 g/mol. The molecule has 1 heterocycles. The van der Waals surface area contributed by atoms with Crippen LogP contribution in [0.2, 0.25) is 5.02 Å². The third kappa shape index (κ3) is 4.95. The van der Waals surface area contributed by atoms with E-state index in [2.05, 4.69) is 9.71 Å². The molecule has 0 spiro atoms. The molecule has 8 nitrogen and oxygen atoms in total. The van der Waals surface area contributed by atoms with Gasteiger partial charge in [-0.3, -0.25) is 9.52 Å². The smallest absolute Gasteiger partial charge is 0.261 e. The van der Waals surface area contributed by atoms with Crippen molar-refractivity contribution >= 4 is 33.2 Å². The van der Waals surface area contributed by atoms with Crippen molar-refractivity contribution in [1.29, 1.82) is 0 Å². The van der Waals surface area contributed by atoms with Crippen LogP contribution >= 0.6 is 11.6 Å². The van der Waals surface area contributed by atoms with Crippen LogP contribution in [-0.2, 0) is 10.0 Å². The summed E-state index contributed by atoms with van der Waals surface area (Å²) < 4.78 is 38.0. The Hall–Kier alpha value is -3.30. The number of nitrogens with two attached hydrogens (primary N) is 1. The molecule has 0 bridgehead atoms. The number of benzene rings is 2. The van der Waals surface area contributed by atoms with Crippen molar-refractivity contribution in [2.75, 3.05) is 11.8 Å². The molecule has 3 N–H and O–H groups in total. The standard InChI is InChI=1S/C19H16ClN3O5S/c1-27-17-7-6-15(10-16(17)20)29(25,26)23-13-5-8-18(22-11-13)28-14-4-2-3-12(9-14)19(21)24/h2-11,23H,1H3,(H2,21,24). The van der Waals surface area contributed by atoms with E-state index in [9.17, 15) is 13.2 Å². The van der Waals surface area contributed by atoms with E-state index in [0.717, 1.165) is 0 Å². The zero-order valence-electron chi connectivity index (χ0n) is 15.1. The maximum atomic E-state index is 12.5. The Bertz CT molecular complexity index is 1150. The van der Waals surface area contributed by atoms with Gasteiger partial charge in [0.15, 0.2) is 0 Å². The number of methoxy groups -OCH3 is 1. The number of halogens is 1. The number of amides is 1. The first-order chi connectivity index (χ1) is 13.8. The number of sulfonamides is 1. The quantitative estimate of drug-likeness (QED) is 0.588. The fraction of sp³-hybridized carbons (Fsp3) is 0.0526. The fourth-order valence-corrected chi connectivity index (χ4v) is 3.75. The first kappa shape index (κ1) is 20.4. The van der Waals surface area contributed by atoms with Gasteiger partial charge in [-0.1, -0.05) is 17.7 Å². The molecule has 0 radical (unpaired) electrons.